The molecule has 0 bridgehead atoms. The number of aryl methyl sites for hydroxylation is 1. The highest BCUT2D eigenvalue weighted by Gasteiger charge is 2.25. The lowest BCUT2D eigenvalue weighted by Crippen LogP contribution is -2.19. The average molecular weight is 207 g/mol. The van der Waals surface area contributed by atoms with E-state index in [9.17, 15) is 0 Å². The molecule has 0 saturated carbocycles. The van der Waals surface area contributed by atoms with Crippen molar-refractivity contribution in [3.05, 3.63) is 23.4 Å². The van der Waals surface area contributed by atoms with Crippen LogP contribution >= 0.6 is 0 Å². The van der Waals surface area contributed by atoms with Crippen molar-refractivity contribution in [2.75, 3.05) is 7.11 Å². The third-order valence-corrected chi connectivity index (χ3v) is 3.14. The summed E-state index contributed by atoms with van der Waals surface area (Å²) in [6.45, 7) is 8.85. The summed E-state index contributed by atoms with van der Waals surface area (Å²) in [7, 11) is 1.69. The van der Waals surface area contributed by atoms with Crippen LogP contribution in [0.2, 0.25) is 0 Å². The maximum absolute atomic E-state index is 5.36. The van der Waals surface area contributed by atoms with Gasteiger partial charge in [-0.25, -0.2) is 4.98 Å². The van der Waals surface area contributed by atoms with E-state index in [1.165, 1.54) is 11.1 Å². The van der Waals surface area contributed by atoms with E-state index in [0.717, 1.165) is 18.7 Å². The van der Waals surface area contributed by atoms with Crippen LogP contribution in [0.15, 0.2) is 12.3 Å². The topological polar surface area (TPSA) is 22.1 Å². The molecular weight excluding hydrogens is 186 g/mol. The average Bonchev–Trinajstić information content (AvgIpc) is 2.27. The Morgan fingerprint density at radius 2 is 2.00 bits per heavy atom. The Kier molecular flexibility index (Phi) is 3.72. The SMILES string of the molecule is CCc1ccnc(OC)c1C(C)(C)CC. The molecule has 0 fully saturated rings. The van der Waals surface area contributed by atoms with Crippen LogP contribution in [0.3, 0.4) is 0 Å². The van der Waals surface area contributed by atoms with Crippen LogP contribution in [0.4, 0.5) is 0 Å². The largest absolute Gasteiger partial charge is 0.481 e. The van der Waals surface area contributed by atoms with Gasteiger partial charge in [0.15, 0.2) is 0 Å². The summed E-state index contributed by atoms with van der Waals surface area (Å²) < 4.78 is 5.36. The van der Waals surface area contributed by atoms with Crippen LogP contribution in [0, 0.1) is 0 Å². The number of pyridine rings is 1. The number of aromatic nitrogens is 1. The summed E-state index contributed by atoms with van der Waals surface area (Å²) in [6.07, 6.45) is 3.94. The summed E-state index contributed by atoms with van der Waals surface area (Å²) in [5.74, 6) is 0.779. The molecule has 0 N–H and O–H groups in total. The first-order valence-electron chi connectivity index (χ1n) is 5.59. The summed E-state index contributed by atoms with van der Waals surface area (Å²) in [4.78, 5) is 4.30. The van der Waals surface area contributed by atoms with Gasteiger partial charge in [-0.05, 0) is 29.9 Å². The molecule has 1 aromatic rings. The van der Waals surface area contributed by atoms with Gasteiger partial charge in [-0.2, -0.15) is 0 Å². The summed E-state index contributed by atoms with van der Waals surface area (Å²) in [5, 5.41) is 0. The number of nitrogens with zero attached hydrogens (tertiary/aromatic N) is 1. The Morgan fingerprint density at radius 3 is 2.47 bits per heavy atom. The summed E-state index contributed by atoms with van der Waals surface area (Å²) in [5.41, 5.74) is 2.73. The fourth-order valence-electron chi connectivity index (χ4n) is 1.83. The predicted molar refractivity (Wildman–Crippen MR) is 63.5 cm³/mol. The lowest BCUT2D eigenvalue weighted by atomic mass is 9.79. The molecule has 1 aromatic heterocycles. The van der Waals surface area contributed by atoms with E-state index in [4.69, 9.17) is 4.74 Å². The first kappa shape index (κ1) is 12.0. The minimum atomic E-state index is 0.130. The number of hydrogen-bond acceptors (Lipinski definition) is 2. The van der Waals surface area contributed by atoms with E-state index in [-0.39, 0.29) is 5.41 Å². The molecular formula is C13H21NO. The van der Waals surface area contributed by atoms with Crippen LogP contribution in [0.25, 0.3) is 0 Å². The van der Waals surface area contributed by atoms with Gasteiger partial charge in [0.05, 0.1) is 7.11 Å². The van der Waals surface area contributed by atoms with E-state index in [0.29, 0.717) is 0 Å². The van der Waals surface area contributed by atoms with Gasteiger partial charge in [-0.15, -0.1) is 0 Å². The number of hydrogen-bond donors (Lipinski definition) is 0. The maximum Gasteiger partial charge on any atom is 0.217 e. The zero-order chi connectivity index (χ0) is 11.5. The normalized spacial score (nSPS) is 11.5. The van der Waals surface area contributed by atoms with Crippen molar-refractivity contribution in [3.63, 3.8) is 0 Å². The molecule has 0 spiro atoms. The van der Waals surface area contributed by atoms with Crippen molar-refractivity contribution < 1.29 is 4.74 Å². The Morgan fingerprint density at radius 1 is 1.33 bits per heavy atom. The van der Waals surface area contributed by atoms with Gasteiger partial charge in [0, 0.05) is 11.8 Å². The van der Waals surface area contributed by atoms with Crippen molar-refractivity contribution in [3.8, 4) is 5.88 Å². The Hall–Kier alpha value is -1.05. The van der Waals surface area contributed by atoms with E-state index in [1.807, 2.05) is 6.20 Å². The molecule has 2 nitrogen and oxygen atoms in total. The zero-order valence-corrected chi connectivity index (χ0v) is 10.4. The number of methoxy groups -OCH3 is 1. The molecule has 2 heteroatoms. The van der Waals surface area contributed by atoms with Gasteiger partial charge in [0.1, 0.15) is 0 Å². The van der Waals surface area contributed by atoms with E-state index in [2.05, 4.69) is 38.7 Å². The fourth-order valence-corrected chi connectivity index (χ4v) is 1.83. The van der Waals surface area contributed by atoms with Crippen molar-refractivity contribution in [1.82, 2.24) is 4.98 Å². The highest BCUT2D eigenvalue weighted by molar-refractivity contribution is 5.40. The third-order valence-electron chi connectivity index (χ3n) is 3.14. The molecule has 0 amide bonds. The third kappa shape index (κ3) is 2.31. The molecule has 15 heavy (non-hydrogen) atoms. The monoisotopic (exact) mass is 207 g/mol. The van der Waals surface area contributed by atoms with Crippen molar-refractivity contribution in [2.45, 2.75) is 46.0 Å². The summed E-state index contributed by atoms with van der Waals surface area (Å²) >= 11 is 0. The maximum atomic E-state index is 5.36. The van der Waals surface area contributed by atoms with Gasteiger partial charge in [-0.1, -0.05) is 27.7 Å². The van der Waals surface area contributed by atoms with Crippen LogP contribution in [-0.2, 0) is 11.8 Å². The fraction of sp³-hybridized carbons (Fsp3) is 0.615. The molecule has 84 valence electrons. The van der Waals surface area contributed by atoms with Crippen LogP contribution in [-0.4, -0.2) is 12.1 Å². The van der Waals surface area contributed by atoms with Crippen molar-refractivity contribution in [1.29, 1.82) is 0 Å². The molecule has 1 heterocycles. The Balaban J connectivity index is 3.34. The molecule has 0 aliphatic carbocycles. The molecule has 0 radical (unpaired) electrons. The van der Waals surface area contributed by atoms with Gasteiger partial charge in [0.2, 0.25) is 5.88 Å². The van der Waals surface area contributed by atoms with Crippen LogP contribution in [0.5, 0.6) is 5.88 Å². The molecule has 1 rings (SSSR count). The van der Waals surface area contributed by atoms with Gasteiger partial charge in [0.25, 0.3) is 0 Å². The minimum Gasteiger partial charge on any atom is -0.481 e. The molecule has 0 aliphatic heterocycles. The second kappa shape index (κ2) is 4.65. The highest BCUT2D eigenvalue weighted by Crippen LogP contribution is 2.35. The van der Waals surface area contributed by atoms with Crippen LogP contribution < -0.4 is 4.74 Å². The van der Waals surface area contributed by atoms with E-state index < -0.39 is 0 Å². The lowest BCUT2D eigenvalue weighted by molar-refractivity contribution is 0.371. The van der Waals surface area contributed by atoms with Crippen LogP contribution in [0.1, 0.15) is 45.2 Å². The molecule has 0 atom stereocenters. The lowest BCUT2D eigenvalue weighted by Gasteiger charge is -2.27. The van der Waals surface area contributed by atoms with Crippen molar-refractivity contribution >= 4 is 0 Å². The molecule has 0 aliphatic rings. The van der Waals surface area contributed by atoms with Gasteiger partial charge < -0.3 is 4.74 Å². The molecule has 0 unspecified atom stereocenters. The standard InChI is InChI=1S/C13H21NO/c1-6-10-8-9-14-12(15-5)11(10)13(3,4)7-2/h8-9H,6-7H2,1-5H3. The number of rotatable bonds is 4. The van der Waals surface area contributed by atoms with E-state index >= 15 is 0 Å². The smallest absolute Gasteiger partial charge is 0.217 e. The first-order valence-corrected chi connectivity index (χ1v) is 5.59. The van der Waals surface area contributed by atoms with Gasteiger partial charge in [-0.3, -0.25) is 0 Å². The first-order chi connectivity index (χ1) is 7.06. The summed E-state index contributed by atoms with van der Waals surface area (Å²) in [6, 6.07) is 2.09. The van der Waals surface area contributed by atoms with E-state index in [1.54, 1.807) is 7.11 Å². The Labute approximate surface area is 92.7 Å². The Bertz CT molecular complexity index is 309. The minimum absolute atomic E-state index is 0.130. The van der Waals surface area contributed by atoms with Gasteiger partial charge >= 0.3 is 0 Å². The molecule has 0 saturated heterocycles. The zero-order valence-electron chi connectivity index (χ0n) is 10.4. The second-order valence-corrected chi connectivity index (χ2v) is 4.45. The highest BCUT2D eigenvalue weighted by atomic mass is 16.5. The number of ether oxygens (including phenoxy) is 1. The molecule has 0 aromatic carbocycles. The predicted octanol–water partition coefficient (Wildman–Crippen LogP) is 3.34. The van der Waals surface area contributed by atoms with Crippen molar-refractivity contribution in [2.24, 2.45) is 0 Å². The quantitative estimate of drug-likeness (QED) is 0.755. The second-order valence-electron chi connectivity index (χ2n) is 4.45.